The van der Waals surface area contributed by atoms with Crippen molar-refractivity contribution in [2.45, 2.75) is 50.5 Å². The summed E-state index contributed by atoms with van der Waals surface area (Å²) >= 11 is 5.78. The zero-order valence-electron chi connectivity index (χ0n) is 17.9. The molecule has 3 nitrogen and oxygen atoms in total. The number of halogens is 7. The van der Waals surface area contributed by atoms with Gasteiger partial charge in [0.25, 0.3) is 0 Å². The molecule has 2 aromatic rings. The van der Waals surface area contributed by atoms with E-state index in [9.17, 15) is 31.1 Å². The maximum absolute atomic E-state index is 14.3. The van der Waals surface area contributed by atoms with Gasteiger partial charge in [-0.1, -0.05) is 30.7 Å². The van der Waals surface area contributed by atoms with Gasteiger partial charge < -0.3 is 10.2 Å². The molecule has 1 fully saturated rings. The molecule has 33 heavy (non-hydrogen) atoms. The minimum Gasteiger partial charge on any atom is -0.370 e. The van der Waals surface area contributed by atoms with Crippen LogP contribution in [0, 0.1) is 0 Å². The Morgan fingerprint density at radius 2 is 1.76 bits per heavy atom. The fourth-order valence-electron chi connectivity index (χ4n) is 4.09. The highest BCUT2D eigenvalue weighted by atomic mass is 35.5. The third-order valence-corrected chi connectivity index (χ3v) is 6.26. The zero-order valence-corrected chi connectivity index (χ0v) is 18.7. The first-order valence-electron chi connectivity index (χ1n) is 10.4. The summed E-state index contributed by atoms with van der Waals surface area (Å²) in [6.45, 7) is 3.00. The normalized spacial score (nSPS) is 20.1. The van der Waals surface area contributed by atoms with Crippen molar-refractivity contribution in [3.05, 3.63) is 64.2 Å². The molecule has 0 spiro atoms. The van der Waals surface area contributed by atoms with Crippen LogP contribution in [0.1, 0.15) is 49.4 Å². The molecule has 0 bridgehead atoms. The second kappa shape index (κ2) is 9.08. The third kappa shape index (κ3) is 5.23. The summed E-state index contributed by atoms with van der Waals surface area (Å²) in [5.41, 5.74) is -2.90. The summed E-state index contributed by atoms with van der Waals surface area (Å²) in [6.07, 6.45) is -9.67. The molecule has 1 saturated heterocycles. The number of carbonyl (C=O) groups excluding carboxylic acids is 1. The summed E-state index contributed by atoms with van der Waals surface area (Å²) in [6, 6.07) is 8.59. The van der Waals surface area contributed by atoms with E-state index in [0.29, 0.717) is 24.2 Å². The fraction of sp³-hybridized carbons (Fsp3) is 0.435. The largest absolute Gasteiger partial charge is 0.416 e. The topological polar surface area (TPSA) is 32.3 Å². The van der Waals surface area contributed by atoms with Crippen molar-refractivity contribution in [2.75, 3.05) is 18.0 Å². The Morgan fingerprint density at radius 3 is 2.30 bits per heavy atom. The van der Waals surface area contributed by atoms with Crippen LogP contribution >= 0.6 is 11.6 Å². The van der Waals surface area contributed by atoms with Crippen molar-refractivity contribution >= 4 is 23.2 Å². The highest BCUT2D eigenvalue weighted by Gasteiger charge is 2.59. The van der Waals surface area contributed by atoms with Crippen LogP contribution in [0.5, 0.6) is 0 Å². The van der Waals surface area contributed by atoms with Crippen LogP contribution < -0.4 is 10.2 Å². The number of nitrogens with zero attached hydrogens (tertiary/aromatic N) is 1. The summed E-state index contributed by atoms with van der Waals surface area (Å²) in [5, 5.41) is 2.41. The highest BCUT2D eigenvalue weighted by molar-refractivity contribution is 6.30. The molecule has 0 aromatic heterocycles. The summed E-state index contributed by atoms with van der Waals surface area (Å²) in [4.78, 5) is 13.1. The van der Waals surface area contributed by atoms with Gasteiger partial charge in [0.2, 0.25) is 5.91 Å². The molecule has 2 aromatic carbocycles. The van der Waals surface area contributed by atoms with E-state index in [1.54, 1.807) is 38.1 Å². The Morgan fingerprint density at radius 1 is 1.12 bits per heavy atom. The molecule has 0 saturated carbocycles. The van der Waals surface area contributed by atoms with Crippen molar-refractivity contribution in [3.8, 4) is 0 Å². The van der Waals surface area contributed by atoms with E-state index in [1.807, 2.05) is 0 Å². The zero-order chi connectivity index (χ0) is 24.6. The average Bonchev–Trinajstić information content (AvgIpc) is 3.19. The van der Waals surface area contributed by atoms with Gasteiger partial charge in [-0.15, -0.1) is 0 Å². The Bertz CT molecular complexity index is 1010. The summed E-state index contributed by atoms with van der Waals surface area (Å²) in [7, 11) is 0. The number of amides is 1. The molecule has 0 aliphatic carbocycles. The molecule has 2 atom stereocenters. The molecule has 3 rings (SSSR count). The third-order valence-electron chi connectivity index (χ3n) is 6.05. The fourth-order valence-corrected chi connectivity index (χ4v) is 4.33. The highest BCUT2D eigenvalue weighted by Crippen LogP contribution is 2.50. The summed E-state index contributed by atoms with van der Waals surface area (Å²) in [5.74, 6) is -0.124. The molecule has 0 radical (unpaired) electrons. The number of hydrogen-bond donors (Lipinski definition) is 1. The quantitative estimate of drug-likeness (QED) is 0.474. The molecule has 1 aliphatic heterocycles. The Labute approximate surface area is 192 Å². The lowest BCUT2D eigenvalue weighted by atomic mass is 9.78. The Balaban J connectivity index is 1.91. The molecule has 10 heteroatoms. The molecule has 1 N–H and O–H groups in total. The predicted molar refractivity (Wildman–Crippen MR) is 114 cm³/mol. The molecule has 1 unspecified atom stereocenters. The van der Waals surface area contributed by atoms with Crippen molar-refractivity contribution in [1.82, 2.24) is 5.32 Å². The molecule has 1 heterocycles. The van der Waals surface area contributed by atoms with Crippen LogP contribution in [0.2, 0.25) is 5.02 Å². The average molecular weight is 493 g/mol. The molecular formula is C23H23ClF6N2O. The smallest absolute Gasteiger partial charge is 0.370 e. The van der Waals surface area contributed by atoms with Crippen molar-refractivity contribution in [1.29, 1.82) is 0 Å². The summed E-state index contributed by atoms with van der Waals surface area (Å²) < 4.78 is 82.5. The van der Waals surface area contributed by atoms with Crippen LogP contribution in [0.15, 0.2) is 42.5 Å². The van der Waals surface area contributed by atoms with E-state index in [1.165, 1.54) is 4.90 Å². The molecule has 180 valence electrons. The maximum atomic E-state index is 14.3. The predicted octanol–water partition coefficient (Wildman–Crippen LogP) is 6.66. The number of anilines is 1. The van der Waals surface area contributed by atoms with Crippen molar-refractivity contribution in [3.63, 3.8) is 0 Å². The second-order valence-electron chi connectivity index (χ2n) is 8.21. The lowest BCUT2D eigenvalue weighted by Gasteiger charge is -2.33. The van der Waals surface area contributed by atoms with E-state index in [0.717, 1.165) is 11.6 Å². The number of hydrogen-bond acceptors (Lipinski definition) is 2. The van der Waals surface area contributed by atoms with Gasteiger partial charge in [-0.2, -0.15) is 26.3 Å². The number of alkyl halides is 6. The standard InChI is InChI=1S/C23H23ClF6N2O/c1-3-20(33)31-14(2)15-4-6-19(7-5-15)32-9-8-21(13-32,23(28,29)30)16-10-17(22(25,26)27)12-18(24)11-16/h4-7,10-12,14H,3,8-9,13H2,1-2H3,(H,31,33)/t14?,21-/m1/s1. The van der Waals surface area contributed by atoms with Gasteiger partial charge in [0.1, 0.15) is 5.41 Å². The van der Waals surface area contributed by atoms with Crippen LogP contribution in [-0.2, 0) is 16.4 Å². The number of benzene rings is 2. The lowest BCUT2D eigenvalue weighted by Crippen LogP contribution is -2.45. The van der Waals surface area contributed by atoms with Crippen molar-refractivity contribution in [2.24, 2.45) is 0 Å². The number of carbonyl (C=O) groups is 1. The van der Waals surface area contributed by atoms with E-state index >= 15 is 0 Å². The van der Waals surface area contributed by atoms with E-state index in [2.05, 4.69) is 5.32 Å². The van der Waals surface area contributed by atoms with Gasteiger partial charge in [-0.3, -0.25) is 4.79 Å². The molecular weight excluding hydrogens is 470 g/mol. The second-order valence-corrected chi connectivity index (χ2v) is 8.65. The van der Waals surface area contributed by atoms with Gasteiger partial charge >= 0.3 is 12.4 Å². The minimum atomic E-state index is -4.82. The number of rotatable bonds is 5. The van der Waals surface area contributed by atoms with Crippen LogP contribution in [0.4, 0.5) is 32.0 Å². The first-order chi connectivity index (χ1) is 15.3. The van der Waals surface area contributed by atoms with Crippen LogP contribution in [-0.4, -0.2) is 25.2 Å². The van der Waals surface area contributed by atoms with E-state index in [4.69, 9.17) is 11.6 Å². The van der Waals surface area contributed by atoms with Gasteiger partial charge in [-0.05, 0) is 54.8 Å². The molecule has 1 amide bonds. The lowest BCUT2D eigenvalue weighted by molar-refractivity contribution is -0.184. The van der Waals surface area contributed by atoms with Crippen LogP contribution in [0.25, 0.3) is 0 Å². The molecule has 1 aliphatic rings. The van der Waals surface area contributed by atoms with E-state index in [-0.39, 0.29) is 18.5 Å². The Kier molecular flexibility index (Phi) is 6.94. The van der Waals surface area contributed by atoms with Crippen LogP contribution in [0.3, 0.4) is 0 Å². The Hall–Kier alpha value is -2.42. The van der Waals surface area contributed by atoms with E-state index < -0.39 is 46.9 Å². The van der Waals surface area contributed by atoms with Gasteiger partial charge in [0, 0.05) is 30.2 Å². The SMILES string of the molecule is CCC(=O)NC(C)c1ccc(N2CC[C@@](c3cc(Cl)cc(C(F)(F)F)c3)(C(F)(F)F)C2)cc1. The van der Waals surface area contributed by atoms with Gasteiger partial charge in [0.05, 0.1) is 11.6 Å². The maximum Gasteiger partial charge on any atom is 0.416 e. The number of nitrogens with one attached hydrogen (secondary N) is 1. The minimum absolute atomic E-state index is 0.00878. The first kappa shape index (κ1) is 25.2. The van der Waals surface area contributed by atoms with Crippen molar-refractivity contribution < 1.29 is 31.1 Å². The van der Waals surface area contributed by atoms with Gasteiger partial charge in [-0.25, -0.2) is 0 Å². The van der Waals surface area contributed by atoms with Gasteiger partial charge in [0.15, 0.2) is 0 Å². The first-order valence-corrected chi connectivity index (χ1v) is 10.7. The monoisotopic (exact) mass is 492 g/mol.